The number of nitrogens with two attached hydrogens (primary N) is 1. The van der Waals surface area contributed by atoms with E-state index >= 15 is 0 Å². The molecule has 1 aliphatic heterocycles. The zero-order valence-electron chi connectivity index (χ0n) is 10.4. The summed E-state index contributed by atoms with van der Waals surface area (Å²) in [5, 5.41) is 6.90. The number of nitrogens with zero attached hydrogens (tertiary/aromatic N) is 4. The van der Waals surface area contributed by atoms with Gasteiger partial charge in [-0.2, -0.15) is 4.98 Å². The maximum Gasteiger partial charge on any atom is 0.245 e. The Morgan fingerprint density at radius 3 is 3.16 bits per heavy atom. The first-order valence-corrected chi connectivity index (χ1v) is 6.27. The van der Waals surface area contributed by atoms with E-state index in [-0.39, 0.29) is 6.04 Å². The van der Waals surface area contributed by atoms with Gasteiger partial charge in [-0.3, -0.25) is 10.1 Å². The molecule has 0 radical (unpaired) electrons. The molecule has 1 saturated heterocycles. The van der Waals surface area contributed by atoms with Gasteiger partial charge in [0.1, 0.15) is 0 Å². The topological polar surface area (TPSA) is 83.7 Å². The van der Waals surface area contributed by atoms with Crippen LogP contribution in [0.15, 0.2) is 18.5 Å². The summed E-state index contributed by atoms with van der Waals surface area (Å²) in [7, 11) is 0. The molecule has 0 aromatic carbocycles. The van der Waals surface area contributed by atoms with Crippen LogP contribution in [0.1, 0.15) is 12.8 Å². The molecular formula is C12H15FN6. The summed E-state index contributed by atoms with van der Waals surface area (Å²) in [5.41, 5.74) is 6.30. The van der Waals surface area contributed by atoms with Gasteiger partial charge in [0.15, 0.2) is 11.6 Å². The second-order valence-electron chi connectivity index (χ2n) is 4.69. The molecule has 6 nitrogen and oxygen atoms in total. The third-order valence-electron chi connectivity index (χ3n) is 3.24. The number of anilines is 1. The van der Waals surface area contributed by atoms with E-state index < -0.39 is 5.82 Å². The number of H-pyrrole nitrogens is 1. The Hall–Kier alpha value is -2.02. The minimum Gasteiger partial charge on any atom is -0.338 e. The summed E-state index contributed by atoms with van der Waals surface area (Å²) in [6, 6.07) is 1.72. The number of nitrogens with one attached hydrogen (secondary N) is 1. The maximum absolute atomic E-state index is 13.6. The first-order chi connectivity index (χ1) is 9.24. The number of hydrogen-bond acceptors (Lipinski definition) is 5. The summed E-state index contributed by atoms with van der Waals surface area (Å²) < 4.78 is 13.6. The smallest absolute Gasteiger partial charge is 0.245 e. The summed E-state index contributed by atoms with van der Waals surface area (Å²) >= 11 is 0. The predicted octanol–water partition coefficient (Wildman–Crippen LogP) is 0.933. The first-order valence-electron chi connectivity index (χ1n) is 6.27. The Labute approximate surface area is 109 Å². The van der Waals surface area contributed by atoms with Gasteiger partial charge in [-0.15, -0.1) is 5.10 Å². The van der Waals surface area contributed by atoms with Crippen LogP contribution < -0.4 is 10.6 Å². The largest absolute Gasteiger partial charge is 0.338 e. The second kappa shape index (κ2) is 4.93. The van der Waals surface area contributed by atoms with Crippen LogP contribution in [0.3, 0.4) is 0 Å². The fraction of sp³-hybridized carbons (Fsp3) is 0.417. The fourth-order valence-electron chi connectivity index (χ4n) is 2.27. The third kappa shape index (κ3) is 2.41. The average molecular weight is 262 g/mol. The van der Waals surface area contributed by atoms with E-state index in [2.05, 4.69) is 20.2 Å². The molecule has 3 N–H and O–H groups in total. The van der Waals surface area contributed by atoms with E-state index in [1.807, 2.05) is 4.90 Å². The van der Waals surface area contributed by atoms with Crippen molar-refractivity contribution in [3.63, 3.8) is 0 Å². The Morgan fingerprint density at radius 1 is 1.47 bits per heavy atom. The molecule has 7 heteroatoms. The van der Waals surface area contributed by atoms with E-state index in [9.17, 15) is 4.39 Å². The summed E-state index contributed by atoms with van der Waals surface area (Å²) in [6.45, 7) is 1.61. The van der Waals surface area contributed by atoms with Crippen molar-refractivity contribution >= 4 is 5.95 Å². The number of aromatic nitrogens is 4. The Kier molecular flexibility index (Phi) is 3.12. The minimum atomic E-state index is -0.416. The summed E-state index contributed by atoms with van der Waals surface area (Å²) in [5.74, 6) is 0.566. The van der Waals surface area contributed by atoms with Gasteiger partial charge < -0.3 is 10.6 Å². The SMILES string of the molecule is NC1CCCN(c2n[nH]c(-c3ccncc3F)n2)C1. The highest BCUT2D eigenvalue weighted by molar-refractivity contribution is 5.56. The normalized spacial score (nSPS) is 19.7. The zero-order valence-corrected chi connectivity index (χ0v) is 10.4. The van der Waals surface area contributed by atoms with Crippen molar-refractivity contribution in [2.24, 2.45) is 5.73 Å². The number of pyridine rings is 1. The molecule has 1 aliphatic rings. The van der Waals surface area contributed by atoms with Crippen molar-refractivity contribution in [2.75, 3.05) is 18.0 Å². The Balaban J connectivity index is 1.85. The minimum absolute atomic E-state index is 0.147. The lowest BCUT2D eigenvalue weighted by Crippen LogP contribution is -2.43. The molecule has 2 aromatic heterocycles. The molecule has 0 spiro atoms. The molecule has 19 heavy (non-hydrogen) atoms. The van der Waals surface area contributed by atoms with Crippen LogP contribution in [0.5, 0.6) is 0 Å². The number of piperidine rings is 1. The molecule has 0 saturated carbocycles. The fourth-order valence-corrected chi connectivity index (χ4v) is 2.27. The molecule has 0 aliphatic carbocycles. The number of halogens is 1. The first kappa shape index (κ1) is 12.0. The van der Waals surface area contributed by atoms with E-state index in [1.165, 1.54) is 6.20 Å². The highest BCUT2D eigenvalue weighted by Crippen LogP contribution is 2.21. The molecule has 1 atom stereocenters. The predicted molar refractivity (Wildman–Crippen MR) is 69.0 cm³/mol. The van der Waals surface area contributed by atoms with Crippen LogP contribution >= 0.6 is 0 Å². The zero-order chi connectivity index (χ0) is 13.2. The van der Waals surface area contributed by atoms with Crippen molar-refractivity contribution in [2.45, 2.75) is 18.9 Å². The molecule has 0 bridgehead atoms. The lowest BCUT2D eigenvalue weighted by atomic mass is 10.1. The van der Waals surface area contributed by atoms with Crippen molar-refractivity contribution in [1.82, 2.24) is 20.2 Å². The monoisotopic (exact) mass is 262 g/mol. The van der Waals surface area contributed by atoms with Crippen molar-refractivity contribution in [1.29, 1.82) is 0 Å². The standard InChI is InChI=1S/C12H15FN6/c13-10-6-15-4-3-9(10)11-16-12(18-17-11)19-5-1-2-8(14)7-19/h3-4,6,8H,1-2,5,7,14H2,(H,16,17,18). The highest BCUT2D eigenvalue weighted by atomic mass is 19.1. The molecule has 100 valence electrons. The van der Waals surface area contributed by atoms with Gasteiger partial charge in [0.2, 0.25) is 5.95 Å². The number of hydrogen-bond donors (Lipinski definition) is 2. The van der Waals surface area contributed by atoms with Crippen LogP contribution in [0, 0.1) is 5.82 Å². The van der Waals surface area contributed by atoms with Gasteiger partial charge in [-0.05, 0) is 18.9 Å². The summed E-state index contributed by atoms with van der Waals surface area (Å²) in [4.78, 5) is 10.1. The van der Waals surface area contributed by atoms with E-state index in [0.29, 0.717) is 17.3 Å². The molecular weight excluding hydrogens is 247 g/mol. The van der Waals surface area contributed by atoms with Crippen LogP contribution in [-0.4, -0.2) is 39.3 Å². The molecule has 3 rings (SSSR count). The lowest BCUT2D eigenvalue weighted by Gasteiger charge is -2.29. The Morgan fingerprint density at radius 2 is 2.37 bits per heavy atom. The van der Waals surface area contributed by atoms with E-state index in [0.717, 1.165) is 32.1 Å². The van der Waals surface area contributed by atoms with Crippen LogP contribution in [-0.2, 0) is 0 Å². The van der Waals surface area contributed by atoms with E-state index in [4.69, 9.17) is 5.73 Å². The third-order valence-corrected chi connectivity index (χ3v) is 3.24. The maximum atomic E-state index is 13.6. The molecule has 1 fully saturated rings. The highest BCUT2D eigenvalue weighted by Gasteiger charge is 2.20. The van der Waals surface area contributed by atoms with Crippen LogP contribution in [0.2, 0.25) is 0 Å². The Bertz CT molecular complexity index is 569. The van der Waals surface area contributed by atoms with Gasteiger partial charge in [0, 0.05) is 25.3 Å². The quantitative estimate of drug-likeness (QED) is 0.841. The van der Waals surface area contributed by atoms with Crippen LogP contribution in [0.4, 0.5) is 10.3 Å². The van der Waals surface area contributed by atoms with Gasteiger partial charge in [0.25, 0.3) is 0 Å². The number of aromatic amines is 1. The molecule has 0 amide bonds. The molecule has 1 unspecified atom stereocenters. The lowest BCUT2D eigenvalue weighted by molar-refractivity contribution is 0.500. The second-order valence-corrected chi connectivity index (χ2v) is 4.69. The van der Waals surface area contributed by atoms with Crippen LogP contribution in [0.25, 0.3) is 11.4 Å². The van der Waals surface area contributed by atoms with Gasteiger partial charge in [0.05, 0.1) is 11.8 Å². The van der Waals surface area contributed by atoms with E-state index in [1.54, 1.807) is 6.07 Å². The molecule has 3 heterocycles. The summed E-state index contributed by atoms with van der Waals surface area (Å²) in [6.07, 6.45) is 4.73. The van der Waals surface area contributed by atoms with Gasteiger partial charge in [-0.25, -0.2) is 4.39 Å². The number of rotatable bonds is 2. The average Bonchev–Trinajstić information content (AvgIpc) is 2.89. The van der Waals surface area contributed by atoms with Gasteiger partial charge in [-0.1, -0.05) is 0 Å². The van der Waals surface area contributed by atoms with Crippen molar-refractivity contribution in [3.05, 3.63) is 24.3 Å². The van der Waals surface area contributed by atoms with Crippen molar-refractivity contribution < 1.29 is 4.39 Å². The van der Waals surface area contributed by atoms with Crippen molar-refractivity contribution in [3.8, 4) is 11.4 Å². The van der Waals surface area contributed by atoms with Gasteiger partial charge >= 0.3 is 0 Å². The molecule has 2 aromatic rings.